The number of hydrogen-bond donors (Lipinski definition) is 2. The third-order valence-electron chi connectivity index (χ3n) is 2.76. The lowest BCUT2D eigenvalue weighted by atomic mass is 10.1. The molecule has 2 amide bonds. The number of halogens is 1. The summed E-state index contributed by atoms with van der Waals surface area (Å²) in [5.74, 6) is -0.534. The molecule has 0 spiro atoms. The van der Waals surface area contributed by atoms with Gasteiger partial charge in [0.2, 0.25) is 5.91 Å². The number of hydrogen-bond acceptors (Lipinski definition) is 3. The first kappa shape index (κ1) is 15.0. The first-order chi connectivity index (χ1) is 9.95. The second-order valence-electron chi connectivity index (χ2n) is 4.52. The second kappa shape index (κ2) is 6.37. The minimum absolute atomic E-state index is 0.168. The van der Waals surface area contributed by atoms with Crippen LogP contribution in [0.2, 0.25) is 5.02 Å². The molecule has 0 atom stereocenters. The summed E-state index contributed by atoms with van der Waals surface area (Å²) in [6, 6.07) is 8.34. The zero-order valence-electron chi connectivity index (χ0n) is 11.6. The molecule has 1 aromatic heterocycles. The van der Waals surface area contributed by atoms with Gasteiger partial charge in [-0.25, -0.2) is 0 Å². The first-order valence-corrected chi connectivity index (χ1v) is 6.64. The zero-order valence-corrected chi connectivity index (χ0v) is 12.4. The Balaban J connectivity index is 2.19. The van der Waals surface area contributed by atoms with E-state index in [2.05, 4.69) is 15.6 Å². The van der Waals surface area contributed by atoms with Crippen molar-refractivity contribution in [2.75, 3.05) is 10.6 Å². The fourth-order valence-electron chi connectivity index (χ4n) is 1.75. The minimum atomic E-state index is -0.366. The third-order valence-corrected chi connectivity index (χ3v) is 3.00. The van der Waals surface area contributed by atoms with Crippen molar-refractivity contribution in [3.8, 4) is 0 Å². The molecule has 0 saturated carbocycles. The van der Waals surface area contributed by atoms with Crippen LogP contribution in [0.25, 0.3) is 0 Å². The lowest BCUT2D eigenvalue weighted by Gasteiger charge is -2.10. The number of aromatic nitrogens is 1. The quantitative estimate of drug-likeness (QED) is 0.914. The molecular formula is C15H14ClN3O2. The molecule has 1 heterocycles. The highest BCUT2D eigenvalue weighted by Gasteiger charge is 2.09. The van der Waals surface area contributed by atoms with Crippen LogP contribution in [-0.4, -0.2) is 16.8 Å². The molecule has 0 bridgehead atoms. The molecule has 0 aliphatic heterocycles. The topological polar surface area (TPSA) is 71.1 Å². The Morgan fingerprint density at radius 3 is 2.57 bits per heavy atom. The Bertz CT molecular complexity index is 701. The maximum Gasteiger partial charge on any atom is 0.274 e. The number of benzene rings is 1. The van der Waals surface area contributed by atoms with Crippen molar-refractivity contribution < 1.29 is 9.59 Å². The number of carbonyl (C=O) groups is 2. The van der Waals surface area contributed by atoms with Gasteiger partial charge in [-0.2, -0.15) is 0 Å². The maximum atomic E-state index is 12.1. The van der Waals surface area contributed by atoms with Crippen molar-refractivity contribution in [2.45, 2.75) is 13.8 Å². The highest BCUT2D eigenvalue weighted by atomic mass is 35.5. The van der Waals surface area contributed by atoms with E-state index in [1.165, 1.54) is 19.2 Å². The van der Waals surface area contributed by atoms with E-state index >= 15 is 0 Å². The van der Waals surface area contributed by atoms with Gasteiger partial charge in [0.1, 0.15) is 5.69 Å². The van der Waals surface area contributed by atoms with Crippen LogP contribution in [-0.2, 0) is 4.79 Å². The van der Waals surface area contributed by atoms with Gasteiger partial charge in [0.25, 0.3) is 5.91 Å². The monoisotopic (exact) mass is 303 g/mol. The Morgan fingerprint density at radius 2 is 1.90 bits per heavy atom. The smallest absolute Gasteiger partial charge is 0.274 e. The summed E-state index contributed by atoms with van der Waals surface area (Å²) in [4.78, 5) is 27.2. The Kier molecular flexibility index (Phi) is 4.55. The number of aryl methyl sites for hydroxylation is 1. The molecule has 0 unspecified atom stereocenters. The van der Waals surface area contributed by atoms with Gasteiger partial charge in [0.15, 0.2) is 0 Å². The van der Waals surface area contributed by atoms with Gasteiger partial charge in [0, 0.05) is 29.5 Å². The van der Waals surface area contributed by atoms with Crippen molar-refractivity contribution in [3.63, 3.8) is 0 Å². The number of carbonyl (C=O) groups excluding carboxylic acids is 2. The number of rotatable bonds is 3. The van der Waals surface area contributed by atoms with Gasteiger partial charge >= 0.3 is 0 Å². The highest BCUT2D eigenvalue weighted by molar-refractivity contribution is 6.30. The summed E-state index contributed by atoms with van der Waals surface area (Å²) in [5.41, 5.74) is 2.35. The molecule has 2 aromatic rings. The van der Waals surface area contributed by atoms with Crippen LogP contribution in [0.4, 0.5) is 11.4 Å². The van der Waals surface area contributed by atoms with Crippen LogP contribution in [0.3, 0.4) is 0 Å². The molecule has 1 aromatic carbocycles. The number of nitrogens with zero attached hydrogens (tertiary/aromatic N) is 1. The van der Waals surface area contributed by atoms with Crippen molar-refractivity contribution in [2.24, 2.45) is 0 Å². The molecule has 2 rings (SSSR count). The largest absolute Gasteiger partial charge is 0.326 e. The van der Waals surface area contributed by atoms with Crippen LogP contribution < -0.4 is 10.6 Å². The molecule has 5 nitrogen and oxygen atoms in total. The average Bonchev–Trinajstić information content (AvgIpc) is 2.42. The second-order valence-corrected chi connectivity index (χ2v) is 4.96. The number of nitrogens with one attached hydrogen (secondary N) is 2. The minimum Gasteiger partial charge on any atom is -0.326 e. The molecule has 2 N–H and O–H groups in total. The Morgan fingerprint density at radius 1 is 1.14 bits per heavy atom. The summed E-state index contributed by atoms with van der Waals surface area (Å²) < 4.78 is 0. The fraction of sp³-hybridized carbons (Fsp3) is 0.133. The van der Waals surface area contributed by atoms with Gasteiger partial charge in [0.05, 0.1) is 0 Å². The van der Waals surface area contributed by atoms with E-state index in [4.69, 9.17) is 11.6 Å². The molecular weight excluding hydrogens is 290 g/mol. The van der Waals surface area contributed by atoms with Gasteiger partial charge in [-0.15, -0.1) is 0 Å². The van der Waals surface area contributed by atoms with E-state index in [9.17, 15) is 9.59 Å². The summed E-state index contributed by atoms with van der Waals surface area (Å²) in [7, 11) is 0. The van der Waals surface area contributed by atoms with Gasteiger partial charge in [-0.1, -0.05) is 17.7 Å². The number of pyridine rings is 1. The van der Waals surface area contributed by atoms with E-state index in [-0.39, 0.29) is 17.5 Å². The van der Waals surface area contributed by atoms with E-state index in [1.54, 1.807) is 18.2 Å². The van der Waals surface area contributed by atoms with Crippen LogP contribution in [0.1, 0.15) is 23.0 Å². The highest BCUT2D eigenvalue weighted by Crippen LogP contribution is 2.21. The lowest BCUT2D eigenvalue weighted by molar-refractivity contribution is -0.114. The van der Waals surface area contributed by atoms with Gasteiger partial charge in [-0.3, -0.25) is 14.6 Å². The lowest BCUT2D eigenvalue weighted by Crippen LogP contribution is -2.14. The third kappa shape index (κ3) is 4.03. The molecule has 0 saturated heterocycles. The van der Waals surface area contributed by atoms with Crippen LogP contribution in [0.5, 0.6) is 0 Å². The van der Waals surface area contributed by atoms with E-state index in [0.29, 0.717) is 16.4 Å². The Hall–Kier alpha value is -2.40. The predicted molar refractivity (Wildman–Crippen MR) is 82.7 cm³/mol. The standard InChI is InChI=1S/C15H14ClN3O2/c1-9-3-4-12(8-13(9)18-10(2)20)19-15(21)14-7-11(16)5-6-17-14/h3-8H,1-2H3,(H,18,20)(H,19,21). The summed E-state index contributed by atoms with van der Waals surface area (Å²) in [5, 5.41) is 5.87. The van der Waals surface area contributed by atoms with Crippen molar-refractivity contribution in [1.29, 1.82) is 0 Å². The van der Waals surface area contributed by atoms with Crippen LogP contribution >= 0.6 is 11.6 Å². The van der Waals surface area contributed by atoms with Crippen molar-refractivity contribution >= 4 is 34.8 Å². The van der Waals surface area contributed by atoms with Gasteiger partial charge in [-0.05, 0) is 36.8 Å². The summed E-state index contributed by atoms with van der Waals surface area (Å²) >= 11 is 5.83. The SMILES string of the molecule is CC(=O)Nc1cc(NC(=O)c2cc(Cl)ccn2)ccc1C. The van der Waals surface area contributed by atoms with Crippen molar-refractivity contribution in [3.05, 3.63) is 52.8 Å². The van der Waals surface area contributed by atoms with E-state index < -0.39 is 0 Å². The van der Waals surface area contributed by atoms with Crippen LogP contribution in [0.15, 0.2) is 36.5 Å². The molecule has 6 heteroatoms. The molecule has 21 heavy (non-hydrogen) atoms. The Labute approximate surface area is 127 Å². The molecule has 0 aliphatic rings. The zero-order chi connectivity index (χ0) is 15.4. The number of anilines is 2. The molecule has 0 fully saturated rings. The summed E-state index contributed by atoms with van der Waals surface area (Å²) in [6.07, 6.45) is 1.47. The first-order valence-electron chi connectivity index (χ1n) is 6.27. The van der Waals surface area contributed by atoms with Crippen molar-refractivity contribution in [1.82, 2.24) is 4.98 Å². The van der Waals surface area contributed by atoms with Gasteiger partial charge < -0.3 is 10.6 Å². The average molecular weight is 304 g/mol. The molecule has 0 aliphatic carbocycles. The maximum absolute atomic E-state index is 12.1. The predicted octanol–water partition coefficient (Wildman–Crippen LogP) is 3.25. The molecule has 0 radical (unpaired) electrons. The fourth-order valence-corrected chi connectivity index (χ4v) is 1.91. The van der Waals surface area contributed by atoms with E-state index in [1.807, 2.05) is 13.0 Å². The molecule has 108 valence electrons. The van der Waals surface area contributed by atoms with Crippen LogP contribution in [0, 0.1) is 6.92 Å². The summed E-state index contributed by atoms with van der Waals surface area (Å²) in [6.45, 7) is 3.30. The number of amides is 2. The normalized spacial score (nSPS) is 10.0. The van der Waals surface area contributed by atoms with E-state index in [0.717, 1.165) is 5.56 Å².